The lowest BCUT2D eigenvalue weighted by atomic mass is 10.2. The number of hydrogen-bond acceptors (Lipinski definition) is 3. The fraction of sp³-hybridized carbons (Fsp3) is 0.0769. The zero-order valence-corrected chi connectivity index (χ0v) is 10.2. The largest absolute Gasteiger partial charge is 0.322 e. The summed E-state index contributed by atoms with van der Waals surface area (Å²) in [5.74, 6) is 0.652. The van der Waals surface area contributed by atoms with Crippen molar-refractivity contribution in [1.82, 2.24) is 9.97 Å². The molecule has 0 atom stereocenters. The van der Waals surface area contributed by atoms with Crippen LogP contribution in [0.5, 0.6) is 0 Å². The van der Waals surface area contributed by atoms with Crippen LogP contribution in [0.3, 0.4) is 0 Å². The second-order valence-electron chi connectivity index (χ2n) is 3.85. The van der Waals surface area contributed by atoms with Crippen LogP contribution in [0.4, 0.5) is 5.95 Å². The first-order chi connectivity index (χ1) is 8.31. The third-order valence-electron chi connectivity index (χ3n) is 2.48. The first-order valence-corrected chi connectivity index (χ1v) is 6.23. The van der Waals surface area contributed by atoms with Crippen LogP contribution in [0.25, 0.3) is 11.0 Å². The third-order valence-corrected chi connectivity index (χ3v) is 3.29. The molecule has 0 saturated carbocycles. The summed E-state index contributed by atoms with van der Waals surface area (Å²) < 4.78 is 0. The zero-order valence-electron chi connectivity index (χ0n) is 9.34. The zero-order chi connectivity index (χ0) is 11.7. The van der Waals surface area contributed by atoms with Crippen LogP contribution in [-0.4, -0.2) is 16.2 Å². The van der Waals surface area contributed by atoms with Crippen molar-refractivity contribution in [2.45, 2.75) is 6.92 Å². The second-order valence-corrected chi connectivity index (χ2v) is 4.83. The Kier molecular flexibility index (Phi) is 2.49. The molecule has 0 spiro atoms. The maximum absolute atomic E-state index is 4.40. The number of nitrogens with one attached hydrogen (secondary N) is 1. The van der Waals surface area contributed by atoms with Gasteiger partial charge in [0.15, 0.2) is 0 Å². The summed E-state index contributed by atoms with van der Waals surface area (Å²) >= 11 is 1.66. The Bertz CT molecular complexity index is 665. The number of aromatic nitrogens is 2. The van der Waals surface area contributed by atoms with E-state index >= 15 is 0 Å². The number of aryl methyl sites for hydroxylation is 1. The molecular formula is C13H11N3S. The van der Waals surface area contributed by atoms with Gasteiger partial charge in [0.2, 0.25) is 5.95 Å². The highest BCUT2D eigenvalue weighted by Gasteiger charge is 2.00. The van der Waals surface area contributed by atoms with Crippen LogP contribution in [0.15, 0.2) is 40.7 Å². The van der Waals surface area contributed by atoms with Crippen molar-refractivity contribution in [3.05, 3.63) is 46.2 Å². The fourth-order valence-electron chi connectivity index (χ4n) is 1.66. The van der Waals surface area contributed by atoms with E-state index in [0.717, 1.165) is 15.9 Å². The highest BCUT2D eigenvalue weighted by atomic mass is 32.1. The summed E-state index contributed by atoms with van der Waals surface area (Å²) in [6.07, 6.45) is 1.83. The van der Waals surface area contributed by atoms with Crippen molar-refractivity contribution >= 4 is 34.5 Å². The molecule has 0 saturated heterocycles. The van der Waals surface area contributed by atoms with E-state index in [9.17, 15) is 0 Å². The van der Waals surface area contributed by atoms with Gasteiger partial charge < -0.3 is 4.98 Å². The molecule has 3 aromatic rings. The Balaban J connectivity index is 1.96. The van der Waals surface area contributed by atoms with Crippen LogP contribution in [0, 0.1) is 6.92 Å². The highest BCUT2D eigenvalue weighted by Crippen LogP contribution is 2.17. The Morgan fingerprint density at radius 1 is 1.35 bits per heavy atom. The van der Waals surface area contributed by atoms with Gasteiger partial charge in [-0.25, -0.2) is 9.98 Å². The fourth-order valence-corrected chi connectivity index (χ4v) is 2.25. The quantitative estimate of drug-likeness (QED) is 0.683. The average molecular weight is 241 g/mol. The predicted molar refractivity (Wildman–Crippen MR) is 72.4 cm³/mol. The molecule has 0 aliphatic heterocycles. The number of thiophene rings is 1. The number of rotatable bonds is 2. The maximum atomic E-state index is 4.40. The Morgan fingerprint density at radius 2 is 2.29 bits per heavy atom. The van der Waals surface area contributed by atoms with Gasteiger partial charge in [0.05, 0.1) is 11.0 Å². The van der Waals surface area contributed by atoms with E-state index in [0.29, 0.717) is 5.95 Å². The summed E-state index contributed by atoms with van der Waals surface area (Å²) in [6.45, 7) is 2.06. The smallest absolute Gasteiger partial charge is 0.227 e. The van der Waals surface area contributed by atoms with E-state index in [1.807, 2.05) is 29.8 Å². The van der Waals surface area contributed by atoms with Crippen LogP contribution < -0.4 is 0 Å². The van der Waals surface area contributed by atoms with Crippen molar-refractivity contribution in [1.29, 1.82) is 0 Å². The monoisotopic (exact) mass is 241 g/mol. The van der Waals surface area contributed by atoms with Gasteiger partial charge in [-0.2, -0.15) is 0 Å². The molecule has 17 heavy (non-hydrogen) atoms. The first kappa shape index (κ1) is 10.2. The molecule has 0 bridgehead atoms. The average Bonchev–Trinajstić information content (AvgIpc) is 2.94. The normalized spacial score (nSPS) is 11.6. The Hall–Kier alpha value is -1.94. The highest BCUT2D eigenvalue weighted by molar-refractivity contribution is 7.11. The number of nitrogens with zero attached hydrogens (tertiary/aromatic N) is 2. The van der Waals surface area contributed by atoms with Crippen molar-refractivity contribution in [2.75, 3.05) is 0 Å². The number of aromatic amines is 1. The molecule has 0 unspecified atom stereocenters. The lowest BCUT2D eigenvalue weighted by Gasteiger charge is -1.89. The number of benzene rings is 1. The Labute approximate surface area is 103 Å². The van der Waals surface area contributed by atoms with Crippen molar-refractivity contribution in [2.24, 2.45) is 4.99 Å². The lowest BCUT2D eigenvalue weighted by Crippen LogP contribution is -1.72. The van der Waals surface area contributed by atoms with Gasteiger partial charge in [-0.3, -0.25) is 0 Å². The van der Waals surface area contributed by atoms with E-state index in [-0.39, 0.29) is 0 Å². The number of hydrogen-bond donors (Lipinski definition) is 1. The van der Waals surface area contributed by atoms with E-state index in [1.54, 1.807) is 11.3 Å². The molecule has 3 nitrogen and oxygen atoms in total. The number of fused-ring (bicyclic) bond motifs is 1. The van der Waals surface area contributed by atoms with E-state index in [2.05, 4.69) is 34.0 Å². The minimum Gasteiger partial charge on any atom is -0.322 e. The van der Waals surface area contributed by atoms with E-state index in [4.69, 9.17) is 0 Å². The number of aliphatic imine (C=N–C) groups is 1. The topological polar surface area (TPSA) is 41.0 Å². The SMILES string of the molecule is Cc1ccc2nc(/N=C/c3cccs3)[nH]c2c1. The van der Waals surface area contributed by atoms with Crippen LogP contribution in [-0.2, 0) is 0 Å². The van der Waals surface area contributed by atoms with Gasteiger partial charge in [-0.1, -0.05) is 12.1 Å². The first-order valence-electron chi connectivity index (χ1n) is 5.35. The van der Waals surface area contributed by atoms with Gasteiger partial charge in [0.25, 0.3) is 0 Å². The van der Waals surface area contributed by atoms with Gasteiger partial charge in [-0.05, 0) is 36.1 Å². The van der Waals surface area contributed by atoms with Crippen LogP contribution >= 0.6 is 11.3 Å². The van der Waals surface area contributed by atoms with Gasteiger partial charge in [0.1, 0.15) is 0 Å². The molecule has 0 aliphatic carbocycles. The molecule has 1 aromatic carbocycles. The van der Waals surface area contributed by atoms with E-state index in [1.165, 1.54) is 5.56 Å². The number of H-pyrrole nitrogens is 1. The molecule has 0 aliphatic rings. The van der Waals surface area contributed by atoms with Crippen LogP contribution in [0.2, 0.25) is 0 Å². The van der Waals surface area contributed by atoms with Gasteiger partial charge in [0, 0.05) is 11.1 Å². The minimum atomic E-state index is 0.652. The molecule has 0 amide bonds. The standard InChI is InChI=1S/C13H11N3S/c1-9-4-5-11-12(7-9)16-13(15-11)14-8-10-3-2-6-17-10/h2-8H,1H3,(H,15,16)/b14-8+. The molecule has 2 heterocycles. The summed E-state index contributed by atoms with van der Waals surface area (Å²) in [5.41, 5.74) is 3.20. The maximum Gasteiger partial charge on any atom is 0.227 e. The molecule has 84 valence electrons. The van der Waals surface area contributed by atoms with Crippen LogP contribution in [0.1, 0.15) is 10.4 Å². The molecular weight excluding hydrogens is 230 g/mol. The third kappa shape index (κ3) is 2.12. The second kappa shape index (κ2) is 4.14. The van der Waals surface area contributed by atoms with Crippen molar-refractivity contribution in [3.8, 4) is 0 Å². The summed E-state index contributed by atoms with van der Waals surface area (Å²) in [5, 5.41) is 2.03. The summed E-state index contributed by atoms with van der Waals surface area (Å²) in [7, 11) is 0. The van der Waals surface area contributed by atoms with Gasteiger partial charge in [-0.15, -0.1) is 11.3 Å². The lowest BCUT2D eigenvalue weighted by molar-refractivity contribution is 1.27. The molecule has 2 aromatic heterocycles. The van der Waals surface area contributed by atoms with Crippen molar-refractivity contribution < 1.29 is 0 Å². The van der Waals surface area contributed by atoms with Crippen molar-refractivity contribution in [3.63, 3.8) is 0 Å². The summed E-state index contributed by atoms with van der Waals surface area (Å²) in [6, 6.07) is 10.2. The number of imidazole rings is 1. The van der Waals surface area contributed by atoms with E-state index < -0.39 is 0 Å². The molecule has 4 heteroatoms. The molecule has 0 fully saturated rings. The Morgan fingerprint density at radius 3 is 3.12 bits per heavy atom. The predicted octanol–water partition coefficient (Wildman–Crippen LogP) is 3.68. The van der Waals surface area contributed by atoms with Gasteiger partial charge >= 0.3 is 0 Å². The summed E-state index contributed by atoms with van der Waals surface area (Å²) in [4.78, 5) is 13.1. The minimum absolute atomic E-state index is 0.652. The molecule has 3 rings (SSSR count). The molecule has 0 radical (unpaired) electrons. The molecule has 1 N–H and O–H groups in total.